The van der Waals surface area contributed by atoms with Crippen molar-refractivity contribution < 1.29 is 59.7 Å². The lowest BCUT2D eigenvalue weighted by atomic mass is 9.80. The van der Waals surface area contributed by atoms with E-state index < -0.39 is 50.2 Å². The Morgan fingerprint density at radius 2 is 1.08 bits per heavy atom. The molecule has 2 atom stereocenters. The summed E-state index contributed by atoms with van der Waals surface area (Å²) in [6.07, 6.45) is 8.64. The smallest absolute Gasteiger partial charge is 0.387 e. The van der Waals surface area contributed by atoms with Gasteiger partial charge in [0, 0.05) is 80.2 Å². The van der Waals surface area contributed by atoms with Gasteiger partial charge in [-0.25, -0.2) is 18.4 Å². The number of alkyl halides is 6. The number of carbonyl (C=O) groups is 4. The average molecular weight is 1020 g/mol. The molecule has 73 heavy (non-hydrogen) atoms. The second-order valence-corrected chi connectivity index (χ2v) is 20.0. The van der Waals surface area contributed by atoms with E-state index in [0.29, 0.717) is 49.7 Å². The van der Waals surface area contributed by atoms with Crippen molar-refractivity contribution in [2.45, 2.75) is 122 Å². The van der Waals surface area contributed by atoms with Gasteiger partial charge in [0.15, 0.2) is 0 Å². The molecule has 392 valence electrons. The number of halogens is 6. The highest BCUT2D eigenvalue weighted by atomic mass is 19.3. The molecule has 3 fully saturated rings. The van der Waals surface area contributed by atoms with Crippen LogP contribution in [0.4, 0.5) is 35.9 Å². The predicted molar refractivity (Wildman–Crippen MR) is 257 cm³/mol. The molecular weight excluding hydrogens is 959 g/mol. The van der Waals surface area contributed by atoms with Crippen molar-refractivity contribution in [3.63, 3.8) is 0 Å². The topological polar surface area (TPSA) is 135 Å². The van der Waals surface area contributed by atoms with Crippen molar-refractivity contribution in [1.82, 2.24) is 29.6 Å². The van der Waals surface area contributed by atoms with Crippen molar-refractivity contribution in [1.29, 1.82) is 0 Å². The molecule has 5 heterocycles. The lowest BCUT2D eigenvalue weighted by Gasteiger charge is -2.43. The van der Waals surface area contributed by atoms with Crippen molar-refractivity contribution in [2.24, 2.45) is 5.41 Å². The van der Waals surface area contributed by atoms with Crippen LogP contribution in [0.25, 0.3) is 0 Å². The predicted octanol–water partition coefficient (Wildman–Crippen LogP) is 9.78. The van der Waals surface area contributed by atoms with E-state index in [-0.39, 0.29) is 60.4 Å². The number of Topliss-reactive ketones (excluding diaryl/α,β-unsaturated/α-hetero) is 2. The van der Waals surface area contributed by atoms with E-state index in [4.69, 9.17) is 9.72 Å². The Balaban J connectivity index is 0.000000195. The fourth-order valence-electron chi connectivity index (χ4n) is 10.7. The monoisotopic (exact) mass is 1020 g/mol. The number of benzene rings is 2. The van der Waals surface area contributed by atoms with Crippen molar-refractivity contribution in [3.05, 3.63) is 118 Å². The van der Waals surface area contributed by atoms with Crippen molar-refractivity contribution in [2.75, 3.05) is 52.5 Å². The molecule has 13 nitrogen and oxygen atoms in total. The van der Waals surface area contributed by atoms with E-state index in [9.17, 15) is 45.5 Å². The molecule has 4 aromatic rings. The fraction of sp³-hybridized carbons (Fsp3) is 0.519. The van der Waals surface area contributed by atoms with Gasteiger partial charge in [-0.15, -0.1) is 0 Å². The number of rotatable bonds is 20. The van der Waals surface area contributed by atoms with Gasteiger partial charge in [0.05, 0.1) is 38.3 Å². The van der Waals surface area contributed by atoms with Crippen LogP contribution in [-0.4, -0.2) is 125 Å². The van der Waals surface area contributed by atoms with Gasteiger partial charge in [-0.3, -0.25) is 19.6 Å². The van der Waals surface area contributed by atoms with Crippen LogP contribution in [0.15, 0.2) is 72.8 Å². The highest BCUT2D eigenvalue weighted by Crippen LogP contribution is 2.37. The molecule has 3 aliphatic heterocycles. The largest absolute Gasteiger partial charge is 0.435 e. The summed E-state index contributed by atoms with van der Waals surface area (Å²) >= 11 is 0. The number of amides is 4. The van der Waals surface area contributed by atoms with Gasteiger partial charge in [0.1, 0.15) is 23.1 Å². The minimum atomic E-state index is -3.17. The Bertz CT molecular complexity index is 2580. The Morgan fingerprint density at radius 1 is 0.630 bits per heavy atom. The maximum atomic E-state index is 15.0. The number of ketones is 2. The van der Waals surface area contributed by atoms with E-state index in [0.717, 1.165) is 66.8 Å². The third kappa shape index (κ3) is 13.7. The highest BCUT2D eigenvalue weighted by Gasteiger charge is 2.45. The first kappa shape index (κ1) is 53.1. The number of aromatic nitrogens is 2. The van der Waals surface area contributed by atoms with Gasteiger partial charge in [-0.2, -0.15) is 17.6 Å². The molecule has 19 heteroatoms. The van der Waals surface area contributed by atoms with Gasteiger partial charge in [-0.1, -0.05) is 36.4 Å². The number of carbonyl (C=O) groups excluding carboxylic acids is 4. The lowest BCUT2D eigenvalue weighted by Crippen LogP contribution is -2.53. The maximum Gasteiger partial charge on any atom is 0.387 e. The van der Waals surface area contributed by atoms with Crippen LogP contribution in [0.1, 0.15) is 109 Å². The number of hydrogen-bond donors (Lipinski definition) is 0. The molecule has 2 aliphatic carbocycles. The van der Waals surface area contributed by atoms with Crippen molar-refractivity contribution >= 4 is 23.6 Å². The first-order chi connectivity index (χ1) is 34.9. The molecule has 0 bridgehead atoms. The van der Waals surface area contributed by atoms with Gasteiger partial charge in [0.2, 0.25) is 0 Å². The van der Waals surface area contributed by atoms with E-state index in [1.54, 1.807) is 23.1 Å². The highest BCUT2D eigenvalue weighted by molar-refractivity contribution is 5.81. The average Bonchev–Trinajstić information content (AvgIpc) is 3.88. The Hall–Kier alpha value is -6.24. The third-order valence-electron chi connectivity index (χ3n) is 14.2. The number of nitrogens with zero attached hydrogens (tertiary/aromatic N) is 6. The van der Waals surface area contributed by atoms with Crippen LogP contribution < -0.4 is 9.47 Å². The van der Waals surface area contributed by atoms with Crippen LogP contribution in [0, 0.1) is 5.41 Å². The van der Waals surface area contributed by atoms with Crippen LogP contribution in [0.2, 0.25) is 0 Å². The first-order valence-electron chi connectivity index (χ1n) is 25.0. The zero-order chi connectivity index (χ0) is 51.9. The first-order valence-corrected chi connectivity index (χ1v) is 25.0. The minimum absolute atomic E-state index is 0.0237. The minimum Gasteiger partial charge on any atom is -0.435 e. The van der Waals surface area contributed by atoms with Gasteiger partial charge >= 0.3 is 25.3 Å². The van der Waals surface area contributed by atoms with Gasteiger partial charge in [0.25, 0.3) is 5.92 Å². The summed E-state index contributed by atoms with van der Waals surface area (Å²) in [5.74, 6) is -3.43. The number of aryl methyl sites for hydroxylation is 4. The van der Waals surface area contributed by atoms with Crippen LogP contribution in [0.5, 0.6) is 11.5 Å². The lowest BCUT2D eigenvalue weighted by molar-refractivity contribution is -0.120. The number of fused-ring (bicyclic) bond motifs is 2. The molecule has 3 saturated heterocycles. The summed E-state index contributed by atoms with van der Waals surface area (Å²) in [5.41, 5.74) is 6.99. The fourth-order valence-corrected chi connectivity index (χ4v) is 10.7. The van der Waals surface area contributed by atoms with Gasteiger partial charge < -0.3 is 33.8 Å². The van der Waals surface area contributed by atoms with Crippen LogP contribution >= 0.6 is 0 Å². The number of urea groups is 2. The summed E-state index contributed by atoms with van der Waals surface area (Å²) in [4.78, 5) is 66.1. The maximum absolute atomic E-state index is 15.0. The molecule has 0 saturated carbocycles. The molecule has 2 aromatic heterocycles. The number of hydrogen-bond acceptors (Lipinski definition) is 9. The van der Waals surface area contributed by atoms with E-state index in [1.807, 2.05) is 11.0 Å². The quantitative estimate of drug-likeness (QED) is 0.0794. The van der Waals surface area contributed by atoms with Crippen molar-refractivity contribution in [3.8, 4) is 11.5 Å². The number of pyridine rings is 2. The second kappa shape index (κ2) is 23.3. The van der Waals surface area contributed by atoms with Gasteiger partial charge in [-0.05, 0) is 124 Å². The SMILES string of the molecule is CC(=O)C[C@@H](c1ccc(OC(F)F)cc1)N1CCN(CC(F)(F)Cc2ccc3c(n2)CCCC3)C1=O.CC(=O)C[C@@H](c1ccc(OC(F)F)cc1)N1CCN(CC2(Cc3ccc4c(n3)CCCC4)COC2)C1=O. The molecule has 0 radical (unpaired) electrons. The normalized spacial score (nSPS) is 18.2. The van der Waals surface area contributed by atoms with E-state index in [1.165, 1.54) is 79.2 Å². The second-order valence-electron chi connectivity index (χ2n) is 20.0. The Labute approximate surface area is 421 Å². The summed E-state index contributed by atoms with van der Waals surface area (Å²) < 4.78 is 94.4. The van der Waals surface area contributed by atoms with Crippen LogP contribution in [-0.2, 0) is 52.9 Å². The standard InChI is InChI=1S/C28H33F2N3O4.C26H29F4N3O3/c1-19(34)14-25(21-7-10-23(11-8-21)37-26(29)30)33-13-12-32(27(33)35)16-28(17-36-18-28)15-22-9-6-20-4-2-3-5-24(20)31-22;1-17(34)14-23(19-7-10-21(11-8-19)36-24(27)28)33-13-12-32(25(33)35)16-26(29,30)15-20-9-6-18-4-2-3-5-22(18)31-20/h6-11,25-26H,2-5,12-18H2,1H3;6-11,23-24H,2-5,12-16H2,1H3/t25-;23-/m00/s1. The summed E-state index contributed by atoms with van der Waals surface area (Å²) in [5, 5.41) is 0. The molecule has 0 N–H and O–H groups in total. The molecule has 0 unspecified atom stereocenters. The molecule has 0 spiro atoms. The zero-order valence-corrected chi connectivity index (χ0v) is 41.2. The molecule has 2 aromatic carbocycles. The molecule has 9 rings (SSSR count). The molecule has 5 aliphatic rings. The summed E-state index contributed by atoms with van der Waals surface area (Å²) in [6, 6.07) is 17.8. The van der Waals surface area contributed by atoms with E-state index >= 15 is 0 Å². The third-order valence-corrected chi connectivity index (χ3v) is 14.2. The summed E-state index contributed by atoms with van der Waals surface area (Å²) in [6.45, 7) is -0.751. The molecular formula is C54H62F6N6O7. The number of ether oxygens (including phenoxy) is 3. The zero-order valence-electron chi connectivity index (χ0n) is 41.2. The van der Waals surface area contributed by atoms with Crippen LogP contribution in [0.3, 0.4) is 0 Å². The van der Waals surface area contributed by atoms with E-state index in [2.05, 4.69) is 26.6 Å². The molecule has 4 amide bonds. The Morgan fingerprint density at radius 3 is 1.55 bits per heavy atom. The summed E-state index contributed by atoms with van der Waals surface area (Å²) in [7, 11) is 0. The Kier molecular flexibility index (Phi) is 16.9.